The van der Waals surface area contributed by atoms with Crippen molar-refractivity contribution in [3.05, 3.63) is 101 Å². The second kappa shape index (κ2) is 8.74. The molecule has 1 atom stereocenters. The van der Waals surface area contributed by atoms with Gasteiger partial charge in [0.2, 0.25) is 5.91 Å². The van der Waals surface area contributed by atoms with Gasteiger partial charge in [-0.15, -0.1) is 0 Å². The Labute approximate surface area is 191 Å². The molecule has 1 unspecified atom stereocenters. The Balaban J connectivity index is 1.25. The molecule has 0 saturated heterocycles. The lowest BCUT2D eigenvalue weighted by atomic mass is 9.99. The molecule has 2 N–H and O–H groups in total. The van der Waals surface area contributed by atoms with Crippen LogP contribution in [-0.4, -0.2) is 29.0 Å². The molecule has 4 aromatic rings. The topological polar surface area (TPSA) is 84.1 Å². The number of carbonyl (C=O) groups is 2. The fraction of sp³-hybridized carbons (Fsp3) is 0.148. The van der Waals surface area contributed by atoms with E-state index in [0.717, 1.165) is 28.1 Å². The largest absolute Gasteiger partial charge is 0.497 e. The number of ketones is 1. The Bertz CT molecular complexity index is 1310. The van der Waals surface area contributed by atoms with E-state index in [1.54, 1.807) is 7.11 Å². The number of fused-ring (bicyclic) bond motifs is 1. The van der Waals surface area contributed by atoms with Crippen molar-refractivity contribution < 1.29 is 14.3 Å². The quantitative estimate of drug-likeness (QED) is 0.430. The number of methoxy groups -OCH3 is 1. The van der Waals surface area contributed by atoms with Crippen LogP contribution in [0.15, 0.2) is 78.9 Å². The number of nitrogens with zero attached hydrogens (tertiary/aromatic N) is 1. The molecule has 3 aromatic carbocycles. The molecule has 33 heavy (non-hydrogen) atoms. The molecule has 1 aromatic heterocycles. The van der Waals surface area contributed by atoms with Crippen LogP contribution in [0.3, 0.4) is 0 Å². The summed E-state index contributed by atoms with van der Waals surface area (Å²) in [5.41, 5.74) is 5.24. The Morgan fingerprint density at radius 2 is 1.67 bits per heavy atom. The lowest BCUT2D eigenvalue weighted by Gasteiger charge is -2.07. The van der Waals surface area contributed by atoms with E-state index < -0.39 is 0 Å². The molecule has 5 rings (SSSR count). The normalized spacial score (nSPS) is 14.5. The molecule has 6 nitrogen and oxygen atoms in total. The predicted molar refractivity (Wildman–Crippen MR) is 126 cm³/mol. The van der Waals surface area contributed by atoms with Gasteiger partial charge in [0.15, 0.2) is 11.6 Å². The van der Waals surface area contributed by atoms with E-state index in [1.165, 1.54) is 0 Å². The average molecular weight is 437 g/mol. The average Bonchev–Trinajstić information content (AvgIpc) is 3.51. The highest BCUT2D eigenvalue weighted by atomic mass is 16.5. The van der Waals surface area contributed by atoms with E-state index in [9.17, 15) is 9.59 Å². The number of hydrogen-bond donors (Lipinski definition) is 2. The maximum Gasteiger partial charge on any atom is 0.229 e. The minimum Gasteiger partial charge on any atom is -0.497 e. The number of anilines is 1. The SMILES string of the molecule is COc1ccc(-c2cc(NC(=O)C3Cc4ccc(C(=O)c5ccccc5)cc4C3)n[nH]2)cc1. The number of carbonyl (C=O) groups excluding carboxylic acids is 2. The number of aromatic amines is 1. The molecule has 0 bridgehead atoms. The molecule has 164 valence electrons. The molecule has 0 aliphatic heterocycles. The van der Waals surface area contributed by atoms with Gasteiger partial charge in [-0.25, -0.2) is 0 Å². The maximum atomic E-state index is 12.9. The van der Waals surface area contributed by atoms with Gasteiger partial charge in [0.05, 0.1) is 12.8 Å². The summed E-state index contributed by atoms with van der Waals surface area (Å²) in [5.74, 6) is 0.995. The van der Waals surface area contributed by atoms with Gasteiger partial charge in [-0.1, -0.05) is 42.5 Å². The van der Waals surface area contributed by atoms with Crippen molar-refractivity contribution >= 4 is 17.5 Å². The van der Waals surface area contributed by atoms with E-state index in [4.69, 9.17) is 4.74 Å². The molecule has 0 spiro atoms. The maximum absolute atomic E-state index is 12.9. The second-order valence-corrected chi connectivity index (χ2v) is 8.17. The summed E-state index contributed by atoms with van der Waals surface area (Å²) in [6.45, 7) is 0. The van der Waals surface area contributed by atoms with E-state index >= 15 is 0 Å². The number of benzene rings is 3. The Hall–Kier alpha value is -4.19. The van der Waals surface area contributed by atoms with Crippen molar-refractivity contribution in [3.63, 3.8) is 0 Å². The zero-order valence-corrected chi connectivity index (χ0v) is 18.2. The van der Waals surface area contributed by atoms with Gasteiger partial charge in [0, 0.05) is 23.1 Å². The molecule has 1 aliphatic rings. The first-order valence-corrected chi connectivity index (χ1v) is 10.8. The first-order chi connectivity index (χ1) is 16.1. The summed E-state index contributed by atoms with van der Waals surface area (Å²) in [6, 6.07) is 24.4. The number of H-pyrrole nitrogens is 1. The van der Waals surface area contributed by atoms with Crippen LogP contribution in [0.2, 0.25) is 0 Å². The Morgan fingerprint density at radius 3 is 2.42 bits per heavy atom. The van der Waals surface area contributed by atoms with Crippen molar-refractivity contribution in [2.24, 2.45) is 5.92 Å². The predicted octanol–water partition coefficient (Wildman–Crippen LogP) is 4.67. The van der Waals surface area contributed by atoms with Gasteiger partial charge in [0.1, 0.15) is 5.75 Å². The van der Waals surface area contributed by atoms with Gasteiger partial charge in [-0.2, -0.15) is 5.10 Å². The van der Waals surface area contributed by atoms with Crippen LogP contribution < -0.4 is 10.1 Å². The molecule has 0 saturated carbocycles. The summed E-state index contributed by atoms with van der Waals surface area (Å²) >= 11 is 0. The minimum absolute atomic E-state index is 0.00566. The Morgan fingerprint density at radius 1 is 0.909 bits per heavy atom. The van der Waals surface area contributed by atoms with E-state index in [-0.39, 0.29) is 17.6 Å². The molecule has 0 fully saturated rings. The van der Waals surface area contributed by atoms with Crippen molar-refractivity contribution in [2.75, 3.05) is 12.4 Å². The van der Waals surface area contributed by atoms with Crippen LogP contribution in [-0.2, 0) is 17.6 Å². The fourth-order valence-corrected chi connectivity index (χ4v) is 4.23. The lowest BCUT2D eigenvalue weighted by Crippen LogP contribution is -2.23. The fourth-order valence-electron chi connectivity index (χ4n) is 4.23. The second-order valence-electron chi connectivity index (χ2n) is 8.17. The van der Waals surface area contributed by atoms with Crippen molar-refractivity contribution in [3.8, 4) is 17.0 Å². The third kappa shape index (κ3) is 4.28. The summed E-state index contributed by atoms with van der Waals surface area (Å²) < 4.78 is 5.19. The van der Waals surface area contributed by atoms with Crippen LogP contribution in [0.4, 0.5) is 5.82 Å². The summed E-state index contributed by atoms with van der Waals surface area (Å²) in [4.78, 5) is 25.7. The number of amides is 1. The Kier molecular flexibility index (Phi) is 5.48. The van der Waals surface area contributed by atoms with Crippen LogP contribution in [0, 0.1) is 5.92 Å². The standard InChI is InChI=1S/C27H23N3O3/c1-33-23-11-9-17(10-12-23)24-16-25(30-29-24)28-27(32)22-13-19-7-8-20(14-21(19)15-22)26(31)18-5-3-2-4-6-18/h2-12,14,16,22H,13,15H2,1H3,(H2,28,29,30,32). The first kappa shape index (κ1) is 20.7. The molecule has 1 amide bonds. The highest BCUT2D eigenvalue weighted by Crippen LogP contribution is 2.30. The van der Waals surface area contributed by atoms with Gasteiger partial charge < -0.3 is 10.1 Å². The molecule has 1 aliphatic carbocycles. The van der Waals surface area contributed by atoms with Crippen LogP contribution in [0.1, 0.15) is 27.0 Å². The number of aromatic nitrogens is 2. The number of rotatable bonds is 6. The molecular weight excluding hydrogens is 414 g/mol. The van der Waals surface area contributed by atoms with Crippen LogP contribution in [0.5, 0.6) is 5.75 Å². The van der Waals surface area contributed by atoms with Gasteiger partial charge in [-0.3, -0.25) is 14.7 Å². The first-order valence-electron chi connectivity index (χ1n) is 10.8. The van der Waals surface area contributed by atoms with Crippen molar-refractivity contribution in [1.29, 1.82) is 0 Å². The third-order valence-corrected chi connectivity index (χ3v) is 6.04. The van der Waals surface area contributed by atoms with E-state index in [0.29, 0.717) is 29.8 Å². The van der Waals surface area contributed by atoms with E-state index in [2.05, 4.69) is 15.5 Å². The van der Waals surface area contributed by atoms with Gasteiger partial charge >= 0.3 is 0 Å². The lowest BCUT2D eigenvalue weighted by molar-refractivity contribution is -0.119. The molecule has 6 heteroatoms. The van der Waals surface area contributed by atoms with E-state index in [1.807, 2.05) is 78.9 Å². The number of ether oxygens (including phenoxy) is 1. The zero-order valence-electron chi connectivity index (χ0n) is 18.2. The van der Waals surface area contributed by atoms with Crippen molar-refractivity contribution in [1.82, 2.24) is 10.2 Å². The molecule has 0 radical (unpaired) electrons. The molecule has 1 heterocycles. The number of hydrogen-bond acceptors (Lipinski definition) is 4. The van der Waals surface area contributed by atoms with Crippen molar-refractivity contribution in [2.45, 2.75) is 12.8 Å². The summed E-state index contributed by atoms with van der Waals surface area (Å²) in [7, 11) is 1.63. The monoisotopic (exact) mass is 437 g/mol. The van der Waals surface area contributed by atoms with Crippen LogP contribution >= 0.6 is 0 Å². The number of nitrogens with one attached hydrogen (secondary N) is 2. The smallest absolute Gasteiger partial charge is 0.229 e. The zero-order chi connectivity index (χ0) is 22.8. The molecular formula is C27H23N3O3. The summed E-state index contributed by atoms with van der Waals surface area (Å²) in [6.07, 6.45) is 1.25. The summed E-state index contributed by atoms with van der Waals surface area (Å²) in [5, 5.41) is 10.1. The highest BCUT2D eigenvalue weighted by molar-refractivity contribution is 6.09. The highest BCUT2D eigenvalue weighted by Gasteiger charge is 2.28. The van der Waals surface area contributed by atoms with Crippen LogP contribution in [0.25, 0.3) is 11.3 Å². The van der Waals surface area contributed by atoms with Gasteiger partial charge in [-0.05, 0) is 59.9 Å². The minimum atomic E-state index is -0.191. The third-order valence-electron chi connectivity index (χ3n) is 6.04. The van der Waals surface area contributed by atoms with Gasteiger partial charge in [0.25, 0.3) is 0 Å².